The molecular formula is C15H19N3O2S. The number of ether oxygens (including phenoxy) is 1. The lowest BCUT2D eigenvalue weighted by molar-refractivity contribution is -0.118. The second-order valence-electron chi connectivity index (χ2n) is 4.67. The first-order valence-corrected chi connectivity index (χ1v) is 7.88. The monoisotopic (exact) mass is 305 g/mol. The molecule has 1 amide bonds. The van der Waals surface area contributed by atoms with Gasteiger partial charge in [-0.1, -0.05) is 25.1 Å². The number of hydrogen-bond donors (Lipinski definition) is 1. The van der Waals surface area contributed by atoms with Crippen LogP contribution in [0.15, 0.2) is 34.5 Å². The zero-order valence-corrected chi connectivity index (χ0v) is 13.0. The number of amidine groups is 1. The normalized spacial score (nSPS) is 20.2. The second kappa shape index (κ2) is 7.83. The van der Waals surface area contributed by atoms with E-state index in [1.165, 1.54) is 11.8 Å². The van der Waals surface area contributed by atoms with Crippen LogP contribution in [0.1, 0.15) is 32.3 Å². The molecule has 0 spiro atoms. The van der Waals surface area contributed by atoms with E-state index in [2.05, 4.69) is 22.4 Å². The Balaban J connectivity index is 1.87. The Kier molecular flexibility index (Phi) is 5.80. The van der Waals surface area contributed by atoms with Crippen LogP contribution in [0.5, 0.6) is 5.75 Å². The van der Waals surface area contributed by atoms with Gasteiger partial charge < -0.3 is 10.1 Å². The molecule has 1 fully saturated rings. The van der Waals surface area contributed by atoms with E-state index < -0.39 is 0 Å². The predicted molar refractivity (Wildman–Crippen MR) is 87.1 cm³/mol. The highest BCUT2D eigenvalue weighted by Crippen LogP contribution is 2.18. The number of nitrogens with one attached hydrogen (secondary N) is 1. The Morgan fingerprint density at radius 2 is 2.14 bits per heavy atom. The molecule has 0 saturated carbocycles. The maximum atomic E-state index is 11.3. The van der Waals surface area contributed by atoms with Crippen molar-refractivity contribution in [2.24, 2.45) is 10.2 Å². The van der Waals surface area contributed by atoms with Crippen LogP contribution in [0, 0.1) is 0 Å². The minimum atomic E-state index is -0.0986. The molecule has 0 aliphatic carbocycles. The molecule has 1 saturated heterocycles. The fraction of sp³-hybridized carbons (Fsp3) is 0.400. The van der Waals surface area contributed by atoms with E-state index in [-0.39, 0.29) is 11.2 Å². The SMILES string of the molecule is CCCCOc1ccc(C=N/N=C2/NC(=O)C(C)S2)cc1. The second-order valence-corrected chi connectivity index (χ2v) is 6.00. The number of rotatable bonds is 6. The van der Waals surface area contributed by atoms with Gasteiger partial charge in [0.25, 0.3) is 0 Å². The van der Waals surface area contributed by atoms with E-state index >= 15 is 0 Å². The van der Waals surface area contributed by atoms with Crippen LogP contribution >= 0.6 is 11.8 Å². The number of benzene rings is 1. The average molecular weight is 305 g/mol. The summed E-state index contributed by atoms with van der Waals surface area (Å²) in [5.41, 5.74) is 0.935. The highest BCUT2D eigenvalue weighted by atomic mass is 32.2. The van der Waals surface area contributed by atoms with Gasteiger partial charge in [0.15, 0.2) is 5.17 Å². The molecule has 0 bridgehead atoms. The topological polar surface area (TPSA) is 63.1 Å². The first-order chi connectivity index (χ1) is 10.2. The molecule has 1 aromatic rings. The number of hydrogen-bond acceptors (Lipinski definition) is 5. The molecule has 2 rings (SSSR count). The third-order valence-electron chi connectivity index (χ3n) is 2.89. The van der Waals surface area contributed by atoms with Gasteiger partial charge in [0.1, 0.15) is 5.75 Å². The lowest BCUT2D eigenvalue weighted by Gasteiger charge is -2.04. The lowest BCUT2D eigenvalue weighted by atomic mass is 10.2. The Bertz CT molecular complexity index is 540. The summed E-state index contributed by atoms with van der Waals surface area (Å²) in [6.07, 6.45) is 3.83. The predicted octanol–water partition coefficient (Wildman–Crippen LogP) is 2.81. The highest BCUT2D eigenvalue weighted by molar-refractivity contribution is 8.15. The molecule has 1 aromatic carbocycles. The van der Waals surface area contributed by atoms with Crippen LogP contribution in [-0.4, -0.2) is 29.1 Å². The molecule has 5 nitrogen and oxygen atoms in total. The van der Waals surface area contributed by atoms with E-state index in [1.807, 2.05) is 31.2 Å². The fourth-order valence-electron chi connectivity index (χ4n) is 1.64. The van der Waals surface area contributed by atoms with Crippen molar-refractivity contribution in [3.63, 3.8) is 0 Å². The molecule has 1 aliphatic heterocycles. The zero-order valence-electron chi connectivity index (χ0n) is 12.2. The summed E-state index contributed by atoms with van der Waals surface area (Å²) >= 11 is 1.38. The summed E-state index contributed by atoms with van der Waals surface area (Å²) in [5.74, 6) is 0.835. The van der Waals surface area contributed by atoms with Gasteiger partial charge in [0.2, 0.25) is 5.91 Å². The molecule has 1 atom stereocenters. The van der Waals surface area contributed by atoms with Gasteiger partial charge in [-0.05, 0) is 43.2 Å². The van der Waals surface area contributed by atoms with Gasteiger partial charge in [-0.25, -0.2) is 0 Å². The molecule has 1 heterocycles. The maximum absolute atomic E-state index is 11.3. The Morgan fingerprint density at radius 1 is 1.38 bits per heavy atom. The van der Waals surface area contributed by atoms with Gasteiger partial charge in [-0.2, -0.15) is 5.10 Å². The van der Waals surface area contributed by atoms with Crippen LogP contribution < -0.4 is 10.1 Å². The lowest BCUT2D eigenvalue weighted by Crippen LogP contribution is -2.23. The standard InChI is InChI=1S/C15H19N3O2S/c1-3-4-9-20-13-7-5-12(6-8-13)10-16-18-15-17-14(19)11(2)21-15/h5-8,10-11H,3-4,9H2,1-2H3,(H,17,18,19). The van der Waals surface area contributed by atoms with E-state index in [1.54, 1.807) is 6.21 Å². The number of amides is 1. The minimum Gasteiger partial charge on any atom is -0.494 e. The molecule has 1 unspecified atom stereocenters. The van der Waals surface area contributed by atoms with Crippen molar-refractivity contribution in [1.29, 1.82) is 0 Å². The average Bonchev–Trinajstić information content (AvgIpc) is 2.80. The number of carbonyl (C=O) groups is 1. The van der Waals surface area contributed by atoms with Crippen LogP contribution in [0.2, 0.25) is 0 Å². The summed E-state index contributed by atoms with van der Waals surface area (Å²) in [6.45, 7) is 4.71. The quantitative estimate of drug-likeness (QED) is 0.499. The van der Waals surface area contributed by atoms with Crippen molar-refractivity contribution < 1.29 is 9.53 Å². The molecule has 0 aromatic heterocycles. The van der Waals surface area contributed by atoms with E-state index in [0.29, 0.717) is 5.17 Å². The van der Waals surface area contributed by atoms with Crippen LogP contribution in [-0.2, 0) is 4.79 Å². The van der Waals surface area contributed by atoms with Gasteiger partial charge in [0.05, 0.1) is 18.1 Å². The molecule has 0 radical (unpaired) electrons. The van der Waals surface area contributed by atoms with Gasteiger partial charge >= 0.3 is 0 Å². The van der Waals surface area contributed by atoms with Crippen molar-refractivity contribution in [2.45, 2.75) is 31.9 Å². The highest BCUT2D eigenvalue weighted by Gasteiger charge is 2.25. The van der Waals surface area contributed by atoms with Crippen LogP contribution in [0.3, 0.4) is 0 Å². The molecular weight excluding hydrogens is 286 g/mol. The van der Waals surface area contributed by atoms with Gasteiger partial charge in [-0.3, -0.25) is 4.79 Å². The van der Waals surface area contributed by atoms with Gasteiger partial charge in [-0.15, -0.1) is 5.10 Å². The summed E-state index contributed by atoms with van der Waals surface area (Å²) in [5, 5.41) is 11.1. The molecule has 21 heavy (non-hydrogen) atoms. The first kappa shape index (κ1) is 15.6. The van der Waals surface area contributed by atoms with Crippen molar-refractivity contribution in [2.75, 3.05) is 6.61 Å². The van der Waals surface area contributed by atoms with Crippen molar-refractivity contribution in [3.05, 3.63) is 29.8 Å². The van der Waals surface area contributed by atoms with E-state index in [9.17, 15) is 4.79 Å². The van der Waals surface area contributed by atoms with Crippen molar-refractivity contribution in [3.8, 4) is 5.75 Å². The van der Waals surface area contributed by atoms with Crippen LogP contribution in [0.4, 0.5) is 0 Å². The first-order valence-electron chi connectivity index (χ1n) is 7.00. The Hall–Kier alpha value is -1.82. The smallest absolute Gasteiger partial charge is 0.239 e. The summed E-state index contributed by atoms with van der Waals surface area (Å²) in [6, 6.07) is 7.68. The number of thioether (sulfide) groups is 1. The third-order valence-corrected chi connectivity index (χ3v) is 3.86. The number of unbranched alkanes of at least 4 members (excludes halogenated alkanes) is 1. The molecule has 112 valence electrons. The van der Waals surface area contributed by atoms with Crippen molar-refractivity contribution >= 4 is 29.1 Å². The molecule has 6 heteroatoms. The van der Waals surface area contributed by atoms with Crippen LogP contribution in [0.25, 0.3) is 0 Å². The summed E-state index contributed by atoms with van der Waals surface area (Å²) < 4.78 is 5.59. The minimum absolute atomic E-state index is 0.0254. The zero-order chi connectivity index (χ0) is 15.1. The summed E-state index contributed by atoms with van der Waals surface area (Å²) in [4.78, 5) is 11.3. The van der Waals surface area contributed by atoms with E-state index in [4.69, 9.17) is 4.74 Å². The number of nitrogens with zero attached hydrogens (tertiary/aromatic N) is 2. The largest absolute Gasteiger partial charge is 0.494 e. The molecule has 1 aliphatic rings. The van der Waals surface area contributed by atoms with Gasteiger partial charge in [0, 0.05) is 0 Å². The molecule has 1 N–H and O–H groups in total. The number of carbonyl (C=O) groups excluding carboxylic acids is 1. The Morgan fingerprint density at radius 3 is 2.76 bits per heavy atom. The maximum Gasteiger partial charge on any atom is 0.239 e. The third kappa shape index (κ3) is 4.90. The van der Waals surface area contributed by atoms with E-state index in [0.717, 1.165) is 30.8 Å². The van der Waals surface area contributed by atoms with Crippen molar-refractivity contribution in [1.82, 2.24) is 5.32 Å². The summed E-state index contributed by atoms with van der Waals surface area (Å²) in [7, 11) is 0. The fourth-order valence-corrected chi connectivity index (χ4v) is 2.39. The Labute approximate surface area is 128 Å².